The number of anilines is 1. The second-order valence-electron chi connectivity index (χ2n) is 3.69. The van der Waals surface area contributed by atoms with Crippen LogP contribution in [0.1, 0.15) is 25.5 Å². The highest BCUT2D eigenvalue weighted by molar-refractivity contribution is 9.09. The summed E-state index contributed by atoms with van der Waals surface area (Å²) >= 11 is 3.50. The minimum Gasteiger partial charge on any atom is -0.371 e. The highest BCUT2D eigenvalue weighted by Crippen LogP contribution is 2.15. The fraction of sp³-hybridized carbons (Fsp3) is 0.583. The Morgan fingerprint density at radius 3 is 2.80 bits per heavy atom. The zero-order valence-electron chi connectivity index (χ0n) is 9.54. The SMILES string of the molecule is CCCCN(CCBr)c1ccnc(C)c1. The molecule has 1 aromatic heterocycles. The Balaban J connectivity index is 2.69. The summed E-state index contributed by atoms with van der Waals surface area (Å²) in [5.41, 5.74) is 2.37. The van der Waals surface area contributed by atoms with Crippen LogP contribution in [-0.2, 0) is 0 Å². The number of aryl methyl sites for hydroxylation is 1. The Morgan fingerprint density at radius 2 is 2.20 bits per heavy atom. The molecule has 0 amide bonds. The number of pyridine rings is 1. The van der Waals surface area contributed by atoms with Gasteiger partial charge in [-0.25, -0.2) is 0 Å². The Bertz CT molecular complexity index is 289. The topological polar surface area (TPSA) is 16.1 Å². The number of nitrogens with zero attached hydrogens (tertiary/aromatic N) is 2. The summed E-state index contributed by atoms with van der Waals surface area (Å²) in [6, 6.07) is 4.24. The van der Waals surface area contributed by atoms with E-state index in [9.17, 15) is 0 Å². The van der Waals surface area contributed by atoms with Crippen molar-refractivity contribution in [3.8, 4) is 0 Å². The first kappa shape index (κ1) is 12.5. The van der Waals surface area contributed by atoms with E-state index in [4.69, 9.17) is 0 Å². The van der Waals surface area contributed by atoms with E-state index < -0.39 is 0 Å². The monoisotopic (exact) mass is 270 g/mol. The van der Waals surface area contributed by atoms with Crippen LogP contribution in [0.3, 0.4) is 0 Å². The highest BCUT2D eigenvalue weighted by Gasteiger charge is 2.04. The molecule has 0 aromatic carbocycles. The van der Waals surface area contributed by atoms with E-state index in [1.807, 2.05) is 13.1 Å². The van der Waals surface area contributed by atoms with E-state index in [2.05, 4.69) is 44.9 Å². The lowest BCUT2D eigenvalue weighted by molar-refractivity contribution is 0.735. The van der Waals surface area contributed by atoms with Crippen molar-refractivity contribution in [3.63, 3.8) is 0 Å². The smallest absolute Gasteiger partial charge is 0.0400 e. The van der Waals surface area contributed by atoms with E-state index >= 15 is 0 Å². The summed E-state index contributed by atoms with van der Waals surface area (Å²) in [5.74, 6) is 0. The normalized spacial score (nSPS) is 10.3. The number of hydrogen-bond acceptors (Lipinski definition) is 2. The Hall–Kier alpha value is -0.570. The second-order valence-corrected chi connectivity index (χ2v) is 4.48. The van der Waals surface area contributed by atoms with Crippen molar-refractivity contribution in [3.05, 3.63) is 24.0 Å². The number of unbranched alkanes of at least 4 members (excludes halogenated alkanes) is 1. The minimum atomic E-state index is 1.01. The Labute approximate surface area is 101 Å². The maximum Gasteiger partial charge on any atom is 0.0400 e. The summed E-state index contributed by atoms with van der Waals surface area (Å²) in [6.07, 6.45) is 4.37. The van der Waals surface area contributed by atoms with Gasteiger partial charge >= 0.3 is 0 Å². The quantitative estimate of drug-likeness (QED) is 0.737. The zero-order valence-corrected chi connectivity index (χ0v) is 11.1. The molecule has 84 valence electrons. The Morgan fingerprint density at radius 1 is 1.40 bits per heavy atom. The second kappa shape index (κ2) is 6.83. The molecule has 0 aliphatic rings. The lowest BCUT2D eigenvalue weighted by Gasteiger charge is -2.23. The maximum absolute atomic E-state index is 4.22. The third-order valence-corrected chi connectivity index (χ3v) is 2.74. The van der Waals surface area contributed by atoms with Gasteiger partial charge < -0.3 is 4.90 Å². The molecule has 1 rings (SSSR count). The van der Waals surface area contributed by atoms with E-state index in [0.717, 1.165) is 24.1 Å². The summed E-state index contributed by atoms with van der Waals surface area (Å²) < 4.78 is 0. The fourth-order valence-corrected chi connectivity index (χ4v) is 1.98. The highest BCUT2D eigenvalue weighted by atomic mass is 79.9. The van der Waals surface area contributed by atoms with Gasteiger partial charge in [-0.3, -0.25) is 4.98 Å². The minimum absolute atomic E-state index is 1.01. The molecule has 0 unspecified atom stereocenters. The molecule has 2 nitrogen and oxygen atoms in total. The third-order valence-electron chi connectivity index (χ3n) is 2.38. The Kier molecular flexibility index (Phi) is 5.69. The van der Waals surface area contributed by atoms with E-state index in [0.29, 0.717) is 0 Å². The summed E-state index contributed by atoms with van der Waals surface area (Å²) in [5, 5.41) is 1.01. The summed E-state index contributed by atoms with van der Waals surface area (Å²) in [7, 11) is 0. The van der Waals surface area contributed by atoms with Crippen molar-refractivity contribution in [2.24, 2.45) is 0 Å². The van der Waals surface area contributed by atoms with Gasteiger partial charge in [0.1, 0.15) is 0 Å². The molecule has 0 saturated heterocycles. The van der Waals surface area contributed by atoms with Crippen LogP contribution < -0.4 is 4.90 Å². The first-order valence-electron chi connectivity index (χ1n) is 5.51. The average Bonchev–Trinajstić information content (AvgIpc) is 2.24. The van der Waals surface area contributed by atoms with E-state index in [1.165, 1.54) is 18.5 Å². The van der Waals surface area contributed by atoms with Crippen LogP contribution in [-0.4, -0.2) is 23.4 Å². The van der Waals surface area contributed by atoms with Gasteiger partial charge in [0.15, 0.2) is 0 Å². The lowest BCUT2D eigenvalue weighted by Crippen LogP contribution is -2.26. The molecule has 0 saturated carbocycles. The zero-order chi connectivity index (χ0) is 11.1. The van der Waals surface area contributed by atoms with Gasteiger partial charge in [-0.2, -0.15) is 0 Å². The molecule has 0 N–H and O–H groups in total. The lowest BCUT2D eigenvalue weighted by atomic mass is 10.2. The average molecular weight is 271 g/mol. The molecule has 1 aromatic rings. The molecule has 3 heteroatoms. The van der Waals surface area contributed by atoms with Gasteiger partial charge in [0.2, 0.25) is 0 Å². The molecule has 1 heterocycles. The molecule has 0 aliphatic carbocycles. The third kappa shape index (κ3) is 4.20. The summed E-state index contributed by atoms with van der Waals surface area (Å²) in [6.45, 7) is 6.45. The summed E-state index contributed by atoms with van der Waals surface area (Å²) in [4.78, 5) is 6.63. The van der Waals surface area contributed by atoms with Gasteiger partial charge in [-0.1, -0.05) is 29.3 Å². The van der Waals surface area contributed by atoms with Crippen molar-refractivity contribution < 1.29 is 0 Å². The van der Waals surface area contributed by atoms with Crippen molar-refractivity contribution in [1.82, 2.24) is 4.98 Å². The van der Waals surface area contributed by atoms with Crippen LogP contribution >= 0.6 is 15.9 Å². The van der Waals surface area contributed by atoms with Gasteiger partial charge in [0, 0.05) is 36.0 Å². The first-order valence-corrected chi connectivity index (χ1v) is 6.63. The molecule has 0 atom stereocenters. The van der Waals surface area contributed by atoms with Crippen LogP contribution in [0.2, 0.25) is 0 Å². The first-order chi connectivity index (χ1) is 7.27. The molecule has 15 heavy (non-hydrogen) atoms. The molecular weight excluding hydrogens is 252 g/mol. The van der Waals surface area contributed by atoms with Gasteiger partial charge in [0.05, 0.1) is 0 Å². The van der Waals surface area contributed by atoms with E-state index in [1.54, 1.807) is 0 Å². The maximum atomic E-state index is 4.22. The number of aromatic nitrogens is 1. The largest absolute Gasteiger partial charge is 0.371 e. The van der Waals surface area contributed by atoms with Gasteiger partial charge in [0.25, 0.3) is 0 Å². The molecule has 0 radical (unpaired) electrons. The van der Waals surface area contributed by atoms with Gasteiger partial charge in [-0.15, -0.1) is 0 Å². The van der Waals surface area contributed by atoms with Crippen molar-refractivity contribution in [1.29, 1.82) is 0 Å². The van der Waals surface area contributed by atoms with Crippen LogP contribution in [0.15, 0.2) is 18.3 Å². The number of hydrogen-bond donors (Lipinski definition) is 0. The molecule has 0 bridgehead atoms. The van der Waals surface area contributed by atoms with Crippen molar-refractivity contribution in [2.45, 2.75) is 26.7 Å². The molecule has 0 spiro atoms. The van der Waals surface area contributed by atoms with Crippen LogP contribution in [0.5, 0.6) is 0 Å². The number of alkyl halides is 1. The van der Waals surface area contributed by atoms with Crippen molar-refractivity contribution >= 4 is 21.6 Å². The van der Waals surface area contributed by atoms with Crippen LogP contribution in [0.25, 0.3) is 0 Å². The number of halogens is 1. The van der Waals surface area contributed by atoms with Crippen molar-refractivity contribution in [2.75, 3.05) is 23.3 Å². The fourth-order valence-electron chi connectivity index (χ4n) is 1.55. The predicted octanol–water partition coefficient (Wildman–Crippen LogP) is 3.39. The predicted molar refractivity (Wildman–Crippen MR) is 69.9 cm³/mol. The van der Waals surface area contributed by atoms with E-state index in [-0.39, 0.29) is 0 Å². The standard InChI is InChI=1S/C12H19BrN2/c1-3-4-8-15(9-6-13)12-5-7-14-11(2)10-12/h5,7,10H,3-4,6,8-9H2,1-2H3. The van der Waals surface area contributed by atoms with Crippen LogP contribution in [0, 0.1) is 6.92 Å². The van der Waals surface area contributed by atoms with Gasteiger partial charge in [-0.05, 0) is 25.5 Å². The molecule has 0 aliphatic heterocycles. The number of rotatable bonds is 6. The molecule has 0 fully saturated rings. The van der Waals surface area contributed by atoms with Crippen LogP contribution in [0.4, 0.5) is 5.69 Å². The molecular formula is C12H19BrN2.